The predicted octanol–water partition coefficient (Wildman–Crippen LogP) is 0.938. The number of nitrogens with zero attached hydrogens (tertiary/aromatic N) is 2. The first kappa shape index (κ1) is 13.6. The van der Waals surface area contributed by atoms with Crippen molar-refractivity contribution in [2.45, 2.75) is 39.7 Å². The molecule has 17 heavy (non-hydrogen) atoms. The van der Waals surface area contributed by atoms with Crippen LogP contribution in [-0.4, -0.2) is 27.1 Å². The topological polar surface area (TPSA) is 89.1 Å². The van der Waals surface area contributed by atoms with Gasteiger partial charge in [-0.3, -0.25) is 4.79 Å². The van der Waals surface area contributed by atoms with E-state index in [2.05, 4.69) is 23.8 Å². The number of hydrogen-bond donors (Lipinski definition) is 2. The SMILES string of the molecule is Cc1cc(CC(C)C)nc(CC(N)C(=O)O)n1. The summed E-state index contributed by atoms with van der Waals surface area (Å²) in [5.74, 6) is -0.0126. The van der Waals surface area contributed by atoms with Crippen LogP contribution in [0.2, 0.25) is 0 Å². The quantitative estimate of drug-likeness (QED) is 0.795. The molecule has 0 bridgehead atoms. The Morgan fingerprint density at radius 2 is 2.06 bits per heavy atom. The summed E-state index contributed by atoms with van der Waals surface area (Å²) in [5.41, 5.74) is 7.27. The van der Waals surface area contributed by atoms with Crippen LogP contribution in [0.25, 0.3) is 0 Å². The second-order valence-corrected chi connectivity index (χ2v) is 4.66. The molecule has 0 spiro atoms. The van der Waals surface area contributed by atoms with Gasteiger partial charge in [-0.25, -0.2) is 9.97 Å². The summed E-state index contributed by atoms with van der Waals surface area (Å²) in [5, 5.41) is 8.75. The van der Waals surface area contributed by atoms with Crippen LogP contribution in [0, 0.1) is 12.8 Å². The summed E-state index contributed by atoms with van der Waals surface area (Å²) in [6.07, 6.45) is 1.03. The number of carboxylic acids is 1. The number of hydrogen-bond acceptors (Lipinski definition) is 4. The van der Waals surface area contributed by atoms with Crippen LogP contribution in [0.1, 0.15) is 31.1 Å². The number of carboxylic acid groups (broad SMARTS) is 1. The Hall–Kier alpha value is -1.49. The van der Waals surface area contributed by atoms with Crippen molar-refractivity contribution in [2.75, 3.05) is 0 Å². The van der Waals surface area contributed by atoms with E-state index in [0.29, 0.717) is 11.7 Å². The maximum absolute atomic E-state index is 10.7. The molecular formula is C12H19N3O2. The number of nitrogens with two attached hydrogens (primary N) is 1. The highest BCUT2D eigenvalue weighted by molar-refractivity contribution is 5.73. The highest BCUT2D eigenvalue weighted by atomic mass is 16.4. The summed E-state index contributed by atoms with van der Waals surface area (Å²) in [6, 6.07) is 0.985. The lowest BCUT2D eigenvalue weighted by Crippen LogP contribution is -2.33. The Labute approximate surface area is 101 Å². The number of aliphatic carboxylic acids is 1. The molecule has 1 aromatic rings. The number of aromatic nitrogens is 2. The van der Waals surface area contributed by atoms with E-state index in [1.807, 2.05) is 13.0 Å². The van der Waals surface area contributed by atoms with Crippen molar-refractivity contribution in [3.05, 3.63) is 23.3 Å². The van der Waals surface area contributed by atoms with Crippen molar-refractivity contribution >= 4 is 5.97 Å². The molecule has 0 saturated heterocycles. The minimum absolute atomic E-state index is 0.169. The first-order chi connectivity index (χ1) is 7.88. The van der Waals surface area contributed by atoms with Crippen molar-refractivity contribution in [1.82, 2.24) is 9.97 Å². The van der Waals surface area contributed by atoms with Crippen LogP contribution in [0.3, 0.4) is 0 Å². The third kappa shape index (κ3) is 4.48. The van der Waals surface area contributed by atoms with Crippen LogP contribution < -0.4 is 5.73 Å². The molecule has 5 heteroatoms. The van der Waals surface area contributed by atoms with E-state index in [-0.39, 0.29) is 6.42 Å². The van der Waals surface area contributed by atoms with Crippen LogP contribution >= 0.6 is 0 Å². The summed E-state index contributed by atoms with van der Waals surface area (Å²) in [6.45, 7) is 6.10. The molecule has 0 aliphatic carbocycles. The molecule has 1 rings (SSSR count). The Bertz CT molecular complexity index is 405. The van der Waals surface area contributed by atoms with Gasteiger partial charge in [0, 0.05) is 17.8 Å². The van der Waals surface area contributed by atoms with Crippen molar-refractivity contribution in [1.29, 1.82) is 0 Å². The van der Waals surface area contributed by atoms with Crippen molar-refractivity contribution < 1.29 is 9.90 Å². The van der Waals surface area contributed by atoms with Crippen molar-refractivity contribution in [3.63, 3.8) is 0 Å². The van der Waals surface area contributed by atoms with Crippen LogP contribution in [-0.2, 0) is 17.6 Å². The van der Waals surface area contributed by atoms with E-state index in [9.17, 15) is 4.79 Å². The van der Waals surface area contributed by atoms with Crippen molar-refractivity contribution in [3.8, 4) is 0 Å². The molecule has 0 amide bonds. The van der Waals surface area contributed by atoms with Gasteiger partial charge in [0.2, 0.25) is 0 Å². The minimum atomic E-state index is -1.03. The Morgan fingerprint density at radius 3 is 2.59 bits per heavy atom. The lowest BCUT2D eigenvalue weighted by molar-refractivity contribution is -0.138. The molecule has 0 aliphatic heterocycles. The lowest BCUT2D eigenvalue weighted by atomic mass is 10.1. The van der Waals surface area contributed by atoms with E-state index in [0.717, 1.165) is 17.8 Å². The molecule has 1 aromatic heterocycles. The second-order valence-electron chi connectivity index (χ2n) is 4.66. The van der Waals surface area contributed by atoms with Gasteiger partial charge in [-0.2, -0.15) is 0 Å². The van der Waals surface area contributed by atoms with E-state index in [1.165, 1.54) is 0 Å². The molecule has 0 saturated carbocycles. The fourth-order valence-electron chi connectivity index (χ4n) is 1.60. The highest BCUT2D eigenvalue weighted by Gasteiger charge is 2.14. The fraction of sp³-hybridized carbons (Fsp3) is 0.583. The van der Waals surface area contributed by atoms with E-state index < -0.39 is 12.0 Å². The predicted molar refractivity (Wildman–Crippen MR) is 64.6 cm³/mol. The fourth-order valence-corrected chi connectivity index (χ4v) is 1.60. The molecule has 0 fully saturated rings. The van der Waals surface area contributed by atoms with E-state index in [4.69, 9.17) is 10.8 Å². The monoisotopic (exact) mass is 237 g/mol. The molecule has 0 aliphatic rings. The van der Waals surface area contributed by atoms with Crippen molar-refractivity contribution in [2.24, 2.45) is 11.7 Å². The molecule has 94 valence electrons. The molecule has 3 N–H and O–H groups in total. The molecular weight excluding hydrogens is 218 g/mol. The van der Waals surface area contributed by atoms with Gasteiger partial charge in [-0.15, -0.1) is 0 Å². The summed E-state index contributed by atoms with van der Waals surface area (Å²) < 4.78 is 0. The summed E-state index contributed by atoms with van der Waals surface area (Å²) in [7, 11) is 0. The van der Waals surface area contributed by atoms with Gasteiger partial charge < -0.3 is 10.8 Å². The Kier molecular flexibility index (Phi) is 4.57. The molecule has 0 radical (unpaired) electrons. The smallest absolute Gasteiger partial charge is 0.320 e. The lowest BCUT2D eigenvalue weighted by Gasteiger charge is -2.09. The third-order valence-electron chi connectivity index (χ3n) is 2.29. The van der Waals surface area contributed by atoms with Gasteiger partial charge in [0.1, 0.15) is 11.9 Å². The molecule has 1 atom stereocenters. The number of rotatable bonds is 5. The first-order valence-electron chi connectivity index (χ1n) is 5.70. The maximum Gasteiger partial charge on any atom is 0.320 e. The Morgan fingerprint density at radius 1 is 1.41 bits per heavy atom. The largest absolute Gasteiger partial charge is 0.480 e. The second kappa shape index (κ2) is 5.72. The zero-order valence-corrected chi connectivity index (χ0v) is 10.5. The Balaban J connectivity index is 2.85. The zero-order valence-electron chi connectivity index (χ0n) is 10.5. The van der Waals surface area contributed by atoms with Gasteiger partial charge >= 0.3 is 5.97 Å². The number of carbonyl (C=O) groups is 1. The molecule has 0 aromatic carbocycles. The highest BCUT2D eigenvalue weighted by Crippen LogP contribution is 2.08. The average molecular weight is 237 g/mol. The van der Waals surface area contributed by atoms with Gasteiger partial charge in [-0.05, 0) is 25.3 Å². The zero-order chi connectivity index (χ0) is 13.0. The third-order valence-corrected chi connectivity index (χ3v) is 2.29. The normalized spacial score (nSPS) is 12.8. The maximum atomic E-state index is 10.7. The van der Waals surface area contributed by atoms with Gasteiger partial charge in [0.15, 0.2) is 0 Å². The number of aryl methyl sites for hydroxylation is 1. The van der Waals surface area contributed by atoms with E-state index in [1.54, 1.807) is 0 Å². The standard InChI is InChI=1S/C12H19N3O2/c1-7(2)4-9-5-8(3)14-11(15-9)6-10(13)12(16)17/h5,7,10H,4,6,13H2,1-3H3,(H,16,17). The first-order valence-corrected chi connectivity index (χ1v) is 5.70. The summed E-state index contributed by atoms with van der Waals surface area (Å²) in [4.78, 5) is 19.2. The van der Waals surface area contributed by atoms with Gasteiger partial charge in [0.05, 0.1) is 0 Å². The average Bonchev–Trinajstić information content (AvgIpc) is 2.14. The van der Waals surface area contributed by atoms with Crippen LogP contribution in [0.15, 0.2) is 6.07 Å². The molecule has 5 nitrogen and oxygen atoms in total. The van der Waals surface area contributed by atoms with Gasteiger partial charge in [0.25, 0.3) is 0 Å². The molecule has 1 unspecified atom stereocenters. The summed E-state index contributed by atoms with van der Waals surface area (Å²) >= 11 is 0. The van der Waals surface area contributed by atoms with Crippen LogP contribution in [0.4, 0.5) is 0 Å². The molecule has 1 heterocycles. The van der Waals surface area contributed by atoms with Crippen LogP contribution in [0.5, 0.6) is 0 Å². The minimum Gasteiger partial charge on any atom is -0.480 e. The van der Waals surface area contributed by atoms with E-state index >= 15 is 0 Å². The van der Waals surface area contributed by atoms with Gasteiger partial charge in [-0.1, -0.05) is 13.8 Å².